The fourth-order valence-electron chi connectivity index (χ4n) is 3.02. The number of methoxy groups -OCH3 is 2. The highest BCUT2D eigenvalue weighted by molar-refractivity contribution is 7.21. The van der Waals surface area contributed by atoms with E-state index in [2.05, 4.69) is 4.99 Å². The van der Waals surface area contributed by atoms with Gasteiger partial charge in [0.05, 0.1) is 24.0 Å². The second kappa shape index (κ2) is 7.30. The van der Waals surface area contributed by atoms with E-state index < -0.39 is 10.8 Å². The summed E-state index contributed by atoms with van der Waals surface area (Å²) in [5.74, 6) is 0.918. The summed E-state index contributed by atoms with van der Waals surface area (Å²) in [5, 5.41) is 11.6. The molecule has 2 aromatic heterocycles. The van der Waals surface area contributed by atoms with Crippen molar-refractivity contribution in [1.82, 2.24) is 4.57 Å². The standard InChI is InChI=1S/C19H15N3O5S2/c1-21-16-12(26-2)5-6-13(27-3)17(16)29-19(21)20-18(23)15-9-10-8-11(22(24)25)4-7-14(10)28-15/h4-9H,1-3H3. The average Bonchev–Trinajstić information content (AvgIpc) is 3.28. The van der Waals surface area contributed by atoms with Crippen molar-refractivity contribution in [3.05, 3.63) is 56.2 Å². The van der Waals surface area contributed by atoms with Crippen LogP contribution in [0.15, 0.2) is 41.4 Å². The minimum absolute atomic E-state index is 0.0127. The van der Waals surface area contributed by atoms with Crippen LogP contribution in [0.2, 0.25) is 0 Å². The number of benzene rings is 2. The van der Waals surface area contributed by atoms with E-state index in [0.717, 1.165) is 14.9 Å². The molecule has 29 heavy (non-hydrogen) atoms. The van der Waals surface area contributed by atoms with E-state index in [1.54, 1.807) is 44.0 Å². The summed E-state index contributed by atoms with van der Waals surface area (Å²) >= 11 is 2.58. The van der Waals surface area contributed by atoms with E-state index in [1.807, 2.05) is 6.07 Å². The van der Waals surface area contributed by atoms with Gasteiger partial charge in [-0.3, -0.25) is 14.9 Å². The maximum Gasteiger partial charge on any atom is 0.289 e. The minimum Gasteiger partial charge on any atom is -0.495 e. The van der Waals surface area contributed by atoms with Gasteiger partial charge in [-0.25, -0.2) is 0 Å². The number of aromatic nitrogens is 1. The van der Waals surface area contributed by atoms with Crippen LogP contribution >= 0.6 is 22.7 Å². The van der Waals surface area contributed by atoms with Crippen molar-refractivity contribution in [2.45, 2.75) is 0 Å². The van der Waals surface area contributed by atoms with Crippen molar-refractivity contribution in [2.75, 3.05) is 14.2 Å². The number of amides is 1. The molecule has 0 spiro atoms. The zero-order chi connectivity index (χ0) is 20.7. The Bertz CT molecular complexity index is 1350. The first-order chi connectivity index (χ1) is 13.9. The molecule has 0 saturated heterocycles. The molecule has 2 aromatic carbocycles. The van der Waals surface area contributed by atoms with Crippen molar-refractivity contribution in [2.24, 2.45) is 12.0 Å². The van der Waals surface area contributed by atoms with Gasteiger partial charge in [-0.1, -0.05) is 11.3 Å². The summed E-state index contributed by atoms with van der Waals surface area (Å²) in [5.41, 5.74) is 0.775. The average molecular weight is 429 g/mol. The van der Waals surface area contributed by atoms with E-state index in [4.69, 9.17) is 9.47 Å². The molecule has 0 unspecified atom stereocenters. The second-order valence-electron chi connectivity index (χ2n) is 6.10. The number of hydrogen-bond acceptors (Lipinski definition) is 7. The number of thiophene rings is 1. The van der Waals surface area contributed by atoms with E-state index in [1.165, 1.54) is 34.8 Å². The SMILES string of the molecule is COc1ccc(OC)c2c1sc(=NC(=O)c1cc3cc([N+](=O)[O-])ccc3s1)n2C. The fraction of sp³-hybridized carbons (Fsp3) is 0.158. The normalized spacial score (nSPS) is 11.9. The van der Waals surface area contributed by atoms with Gasteiger partial charge in [0, 0.05) is 29.3 Å². The Morgan fingerprint density at radius 1 is 1.10 bits per heavy atom. The van der Waals surface area contributed by atoms with Crippen molar-refractivity contribution in [1.29, 1.82) is 0 Å². The van der Waals surface area contributed by atoms with Gasteiger partial charge in [-0.2, -0.15) is 4.99 Å². The van der Waals surface area contributed by atoms with Crippen LogP contribution in [0, 0.1) is 10.1 Å². The van der Waals surface area contributed by atoms with Gasteiger partial charge in [0.25, 0.3) is 11.6 Å². The number of rotatable bonds is 4. The molecule has 0 bridgehead atoms. The predicted octanol–water partition coefficient (Wildman–Crippen LogP) is 4.12. The second-order valence-corrected chi connectivity index (χ2v) is 8.16. The maximum absolute atomic E-state index is 12.8. The first-order valence-corrected chi connectivity index (χ1v) is 10.0. The molecule has 10 heteroatoms. The lowest BCUT2D eigenvalue weighted by Gasteiger charge is -2.06. The number of hydrogen-bond donors (Lipinski definition) is 0. The monoisotopic (exact) mass is 429 g/mol. The number of fused-ring (bicyclic) bond motifs is 2. The zero-order valence-electron chi connectivity index (χ0n) is 15.7. The third-order valence-electron chi connectivity index (χ3n) is 4.43. The van der Waals surface area contributed by atoms with Gasteiger partial charge in [0.2, 0.25) is 0 Å². The number of ether oxygens (including phenoxy) is 2. The Balaban J connectivity index is 1.82. The number of thiazole rings is 1. The molecule has 0 N–H and O–H groups in total. The van der Waals surface area contributed by atoms with Crippen molar-refractivity contribution >= 4 is 54.6 Å². The number of nitro groups is 1. The number of non-ortho nitro benzene ring substituents is 1. The van der Waals surface area contributed by atoms with Crippen LogP contribution in [0.4, 0.5) is 5.69 Å². The first-order valence-electron chi connectivity index (χ1n) is 8.40. The van der Waals surface area contributed by atoms with Crippen LogP contribution in [0.3, 0.4) is 0 Å². The molecule has 0 aliphatic rings. The summed E-state index contributed by atoms with van der Waals surface area (Å²) in [7, 11) is 4.97. The summed E-state index contributed by atoms with van der Waals surface area (Å²) in [4.78, 5) is 28.5. The highest BCUT2D eigenvalue weighted by Crippen LogP contribution is 2.35. The van der Waals surface area contributed by atoms with Crippen LogP contribution in [-0.2, 0) is 7.05 Å². The van der Waals surface area contributed by atoms with Crippen molar-refractivity contribution in [3.8, 4) is 11.5 Å². The summed E-state index contributed by atoms with van der Waals surface area (Å²) in [6.45, 7) is 0. The van der Waals surface area contributed by atoms with Gasteiger partial charge in [0.1, 0.15) is 21.7 Å². The van der Waals surface area contributed by atoms with Crippen LogP contribution in [-0.4, -0.2) is 29.6 Å². The van der Waals surface area contributed by atoms with Crippen LogP contribution in [0.5, 0.6) is 11.5 Å². The van der Waals surface area contributed by atoms with Crippen LogP contribution < -0.4 is 14.3 Å². The van der Waals surface area contributed by atoms with E-state index in [0.29, 0.717) is 26.6 Å². The van der Waals surface area contributed by atoms with Gasteiger partial charge in [-0.15, -0.1) is 11.3 Å². The van der Waals surface area contributed by atoms with E-state index >= 15 is 0 Å². The number of carbonyl (C=O) groups excluding carboxylic acids is 1. The lowest BCUT2D eigenvalue weighted by molar-refractivity contribution is -0.384. The Hall–Kier alpha value is -3.24. The first kappa shape index (κ1) is 19.1. The van der Waals surface area contributed by atoms with Gasteiger partial charge in [-0.05, 0) is 24.3 Å². The molecule has 0 aliphatic heterocycles. The van der Waals surface area contributed by atoms with Crippen LogP contribution in [0.25, 0.3) is 20.3 Å². The topological polar surface area (TPSA) is 96.0 Å². The molecule has 8 nitrogen and oxygen atoms in total. The van der Waals surface area contributed by atoms with E-state index in [9.17, 15) is 14.9 Å². The largest absolute Gasteiger partial charge is 0.495 e. The van der Waals surface area contributed by atoms with Crippen molar-refractivity contribution < 1.29 is 19.2 Å². The number of carbonyl (C=O) groups is 1. The fourth-order valence-corrected chi connectivity index (χ4v) is 5.07. The van der Waals surface area contributed by atoms with Crippen LogP contribution in [0.1, 0.15) is 9.67 Å². The molecular weight excluding hydrogens is 414 g/mol. The Labute approximate surface area is 172 Å². The molecule has 0 aliphatic carbocycles. The van der Waals surface area contributed by atoms with E-state index in [-0.39, 0.29) is 5.69 Å². The molecule has 4 aromatic rings. The quantitative estimate of drug-likeness (QED) is 0.359. The Morgan fingerprint density at radius 3 is 2.52 bits per heavy atom. The molecular formula is C19H15N3O5S2. The lowest BCUT2D eigenvalue weighted by atomic mass is 10.2. The molecule has 0 fully saturated rings. The highest BCUT2D eigenvalue weighted by atomic mass is 32.1. The third kappa shape index (κ3) is 3.26. The van der Waals surface area contributed by atoms with Gasteiger partial charge < -0.3 is 14.0 Å². The molecule has 0 saturated carbocycles. The Kier molecular flexibility index (Phi) is 4.81. The highest BCUT2D eigenvalue weighted by Gasteiger charge is 2.16. The third-order valence-corrected chi connectivity index (χ3v) is 6.68. The maximum atomic E-state index is 12.8. The number of nitrogens with zero attached hydrogens (tertiary/aromatic N) is 3. The number of nitro benzene ring substituents is 1. The molecule has 2 heterocycles. The summed E-state index contributed by atoms with van der Waals surface area (Å²) in [6, 6.07) is 9.77. The molecule has 148 valence electrons. The molecule has 0 radical (unpaired) electrons. The minimum atomic E-state index is -0.457. The summed E-state index contributed by atoms with van der Waals surface area (Å²) < 4.78 is 14.3. The molecule has 0 atom stereocenters. The smallest absolute Gasteiger partial charge is 0.289 e. The Morgan fingerprint density at radius 2 is 1.83 bits per heavy atom. The predicted molar refractivity (Wildman–Crippen MR) is 112 cm³/mol. The lowest BCUT2D eigenvalue weighted by Crippen LogP contribution is -2.13. The van der Waals surface area contributed by atoms with Gasteiger partial charge >= 0.3 is 0 Å². The summed E-state index contributed by atoms with van der Waals surface area (Å²) in [6.07, 6.45) is 0. The molecule has 4 rings (SSSR count). The zero-order valence-corrected chi connectivity index (χ0v) is 17.3. The molecule has 1 amide bonds. The number of aryl methyl sites for hydroxylation is 1. The van der Waals surface area contributed by atoms with Gasteiger partial charge in [0.15, 0.2) is 4.80 Å². The van der Waals surface area contributed by atoms with Crippen molar-refractivity contribution in [3.63, 3.8) is 0 Å².